The molecule has 0 bridgehead atoms. The molecule has 4 aliphatic rings. The van der Waals surface area contributed by atoms with Crippen LogP contribution in [0.3, 0.4) is 0 Å². The van der Waals surface area contributed by atoms with Crippen LogP contribution in [-0.2, 0) is 27.1 Å². The number of anilines is 6. The molecule has 11 rings (SSSR count). The Kier molecular flexibility index (Phi) is 7.16. The minimum atomic E-state index is -0.406. The number of hydrogen-bond acceptors (Lipinski definition) is 3. The smallest absolute Gasteiger partial charge is 0.257 e. The second-order valence-electron chi connectivity index (χ2n) is 22.4. The molecule has 6 aromatic carbocycles. The van der Waals surface area contributed by atoms with E-state index in [-0.39, 0.29) is 63.5 Å². The van der Waals surface area contributed by atoms with Crippen LogP contribution in [-0.4, -0.2) is 6.71 Å². The van der Waals surface area contributed by atoms with Crippen molar-refractivity contribution in [2.45, 2.75) is 129 Å². The number of para-hydroxylation sites is 1. The average Bonchev–Trinajstić information content (AvgIpc) is 3.66. The molecule has 0 N–H and O–H groups in total. The second-order valence-corrected chi connectivity index (χ2v) is 22.4. The topological polar surface area (TPSA) is 19.6 Å². The third-order valence-corrected chi connectivity index (χ3v) is 15.4. The van der Waals surface area contributed by atoms with Crippen LogP contribution < -0.4 is 26.2 Å². The van der Waals surface area contributed by atoms with Crippen LogP contribution in [0.2, 0.25) is 0 Å². The maximum atomic E-state index is 9.35. The van der Waals surface area contributed by atoms with Gasteiger partial charge in [-0.3, -0.25) is 4.90 Å². The van der Waals surface area contributed by atoms with Crippen molar-refractivity contribution in [3.05, 3.63) is 149 Å². The van der Waals surface area contributed by atoms with E-state index in [1.54, 1.807) is 0 Å². The zero-order valence-corrected chi connectivity index (χ0v) is 38.4. The number of fused-ring (bicyclic) bond motifs is 8. The van der Waals surface area contributed by atoms with Crippen LogP contribution in [0, 0.1) is 0 Å². The summed E-state index contributed by atoms with van der Waals surface area (Å²) in [6, 6.07) is 31.7. The zero-order chi connectivity index (χ0) is 47.7. The van der Waals surface area contributed by atoms with E-state index < -0.39 is 6.04 Å². The van der Waals surface area contributed by atoms with Crippen molar-refractivity contribution in [1.29, 1.82) is 0 Å². The highest BCUT2D eigenvalue weighted by atomic mass is 16.4. The highest BCUT2D eigenvalue weighted by Gasteiger charge is 2.49. The monoisotopic (exact) mass is 818 g/mol. The molecule has 7 aromatic rings. The SMILES string of the molecule is [2H]c1c([2H])c([2H])c(-c2cc3c4c(c2)N(c2ccccc2)c2oc5ccc(C(C)(C)C)cc5c2B4c2cc4c(cc2N3c2ccc3c(c2)C(C)(C)CCC3(C)C)C(C)(C)CCC4(C)C)c([2H])c1[2H]. The van der Waals surface area contributed by atoms with E-state index in [1.165, 1.54) is 33.3 Å². The predicted octanol–water partition coefficient (Wildman–Crippen LogP) is 14.2. The second kappa shape index (κ2) is 13.0. The lowest BCUT2D eigenvalue weighted by atomic mass is 9.33. The average molecular weight is 818 g/mol. The Hall–Kier alpha value is -5.48. The fourth-order valence-corrected chi connectivity index (χ4v) is 11.4. The molecule has 0 fully saturated rings. The number of hydrogen-bond donors (Lipinski definition) is 0. The van der Waals surface area contributed by atoms with Gasteiger partial charge in [-0.05, 0) is 157 Å². The normalized spacial score (nSPS) is 19.9. The molecule has 0 saturated carbocycles. The van der Waals surface area contributed by atoms with Gasteiger partial charge in [-0.2, -0.15) is 0 Å². The first-order chi connectivity index (χ1) is 31.4. The minimum Gasteiger partial charge on any atom is -0.440 e. The Morgan fingerprint density at radius 3 is 1.79 bits per heavy atom. The first kappa shape index (κ1) is 34.1. The van der Waals surface area contributed by atoms with Crippen molar-refractivity contribution in [3.8, 4) is 11.1 Å². The number of furan rings is 1. The summed E-state index contributed by atoms with van der Waals surface area (Å²) in [5.74, 6) is 0.725. The van der Waals surface area contributed by atoms with Crippen molar-refractivity contribution in [1.82, 2.24) is 0 Å². The first-order valence-electron chi connectivity index (χ1n) is 25.2. The fraction of sp³-hybridized carbons (Fsp3) is 0.345. The molecule has 0 amide bonds. The highest BCUT2D eigenvalue weighted by Crippen LogP contribution is 2.53. The molecule has 0 saturated heterocycles. The van der Waals surface area contributed by atoms with Crippen molar-refractivity contribution >= 4 is 68.4 Å². The van der Waals surface area contributed by atoms with Crippen molar-refractivity contribution in [3.63, 3.8) is 0 Å². The maximum Gasteiger partial charge on any atom is 0.257 e. The standard InChI is InChI=1S/C58H61BN2O/c1-54(2,3)38-22-25-50-41(32-38)51-53(62-50)61(39-20-16-13-17-21-39)49-31-37(36-18-14-12-15-19-36)30-48-52(49)59(51)46-34-44-45(58(10,11)29-28-57(44,8)9)35-47(46)60(48)40-23-24-42-43(33-40)56(6,7)27-26-55(42,4)5/h12-25,30-35H,26-29H2,1-11H3/i12D,14D,15D,18D,19D. The van der Waals surface area contributed by atoms with Gasteiger partial charge in [0.05, 0.1) is 6.85 Å². The summed E-state index contributed by atoms with van der Waals surface area (Å²) < 4.78 is 52.2. The molecule has 1 aromatic heterocycles. The minimum absolute atomic E-state index is 0.0177. The van der Waals surface area contributed by atoms with E-state index in [0.717, 1.165) is 81.9 Å². The summed E-state index contributed by atoms with van der Waals surface area (Å²) in [6.45, 7) is 25.6. The van der Waals surface area contributed by atoms with E-state index in [2.05, 4.69) is 159 Å². The summed E-state index contributed by atoms with van der Waals surface area (Å²) >= 11 is 0. The van der Waals surface area contributed by atoms with Gasteiger partial charge in [0, 0.05) is 39.3 Å². The molecule has 0 spiro atoms. The van der Waals surface area contributed by atoms with E-state index in [4.69, 9.17) is 8.53 Å². The van der Waals surface area contributed by atoms with Gasteiger partial charge in [0.1, 0.15) is 5.58 Å². The van der Waals surface area contributed by atoms with E-state index >= 15 is 0 Å². The largest absolute Gasteiger partial charge is 0.440 e. The molecule has 3 nitrogen and oxygen atoms in total. The molecular weight excluding hydrogens is 751 g/mol. The quantitative estimate of drug-likeness (QED) is 0.166. The van der Waals surface area contributed by atoms with Crippen LogP contribution in [0.15, 0.2) is 126 Å². The highest BCUT2D eigenvalue weighted by molar-refractivity contribution is 7.01. The summed E-state index contributed by atoms with van der Waals surface area (Å²) in [6.07, 6.45) is 4.33. The molecular formula is C58H61BN2O. The van der Waals surface area contributed by atoms with Gasteiger partial charge in [-0.25, -0.2) is 0 Å². The number of nitrogens with zero attached hydrogens (tertiary/aromatic N) is 2. The predicted molar refractivity (Wildman–Crippen MR) is 265 cm³/mol. The maximum absolute atomic E-state index is 9.35. The molecule has 4 heteroatoms. The molecule has 62 heavy (non-hydrogen) atoms. The molecule has 0 atom stereocenters. The van der Waals surface area contributed by atoms with E-state index in [9.17, 15) is 2.74 Å². The summed E-state index contributed by atoms with van der Waals surface area (Å²) in [5, 5.41) is 1.08. The Bertz CT molecular complexity index is 3240. The Balaban J connectivity index is 1.34. The van der Waals surface area contributed by atoms with Gasteiger partial charge >= 0.3 is 0 Å². The van der Waals surface area contributed by atoms with Crippen LogP contribution >= 0.6 is 0 Å². The van der Waals surface area contributed by atoms with Gasteiger partial charge in [0.25, 0.3) is 6.71 Å². The molecule has 0 radical (unpaired) electrons. The molecule has 2 aliphatic heterocycles. The third kappa shape index (κ3) is 5.77. The number of benzene rings is 6. The van der Waals surface area contributed by atoms with Gasteiger partial charge in [-0.15, -0.1) is 0 Å². The van der Waals surface area contributed by atoms with E-state index in [1.807, 2.05) is 18.2 Å². The third-order valence-electron chi connectivity index (χ3n) is 15.4. The summed E-state index contributed by atoms with van der Waals surface area (Å²) in [5.41, 5.74) is 16.1. The van der Waals surface area contributed by atoms with Crippen LogP contribution in [0.4, 0.5) is 34.3 Å². The first-order valence-corrected chi connectivity index (χ1v) is 22.7. The lowest BCUT2D eigenvalue weighted by Gasteiger charge is -2.47. The lowest BCUT2D eigenvalue weighted by Crippen LogP contribution is -2.61. The molecule has 3 heterocycles. The van der Waals surface area contributed by atoms with Gasteiger partial charge in [0.2, 0.25) is 5.88 Å². The van der Waals surface area contributed by atoms with Gasteiger partial charge in [0.15, 0.2) is 0 Å². The van der Waals surface area contributed by atoms with Crippen molar-refractivity contribution in [2.75, 3.05) is 9.80 Å². The molecule has 2 aliphatic carbocycles. The summed E-state index contributed by atoms with van der Waals surface area (Å²) in [4.78, 5) is 4.67. The van der Waals surface area contributed by atoms with Crippen LogP contribution in [0.1, 0.15) is 137 Å². The van der Waals surface area contributed by atoms with Crippen molar-refractivity contribution < 1.29 is 11.3 Å². The summed E-state index contributed by atoms with van der Waals surface area (Å²) in [7, 11) is 0. The molecule has 312 valence electrons. The van der Waals surface area contributed by atoms with Crippen LogP contribution in [0.5, 0.6) is 0 Å². The number of rotatable bonds is 3. The van der Waals surface area contributed by atoms with Gasteiger partial charge < -0.3 is 9.32 Å². The Labute approximate surface area is 377 Å². The Morgan fingerprint density at radius 1 is 0.548 bits per heavy atom. The fourth-order valence-electron chi connectivity index (χ4n) is 11.4. The zero-order valence-electron chi connectivity index (χ0n) is 43.4. The lowest BCUT2D eigenvalue weighted by molar-refractivity contribution is 0.332. The van der Waals surface area contributed by atoms with Gasteiger partial charge in [-0.1, -0.05) is 143 Å². The molecule has 0 unspecified atom stereocenters. The van der Waals surface area contributed by atoms with Crippen molar-refractivity contribution in [2.24, 2.45) is 0 Å². The van der Waals surface area contributed by atoms with E-state index in [0.29, 0.717) is 5.56 Å². The Morgan fingerprint density at radius 2 is 1.15 bits per heavy atom. The van der Waals surface area contributed by atoms with Crippen LogP contribution in [0.25, 0.3) is 22.1 Å².